The Morgan fingerprint density at radius 3 is 2.93 bits per heavy atom. The Kier molecular flexibility index (Phi) is 2.56. The molecule has 1 nitrogen and oxygen atoms in total. The molecule has 2 heteroatoms. The zero-order valence-corrected chi connectivity index (χ0v) is 10.3. The first kappa shape index (κ1) is 10.0. The van der Waals surface area contributed by atoms with Crippen LogP contribution in [0.1, 0.15) is 25.8 Å². The molecule has 1 aromatic carbocycles. The minimum atomic E-state index is 0.405. The lowest BCUT2D eigenvalue weighted by Crippen LogP contribution is -2.15. The highest BCUT2D eigenvalue weighted by atomic mass is 79.9. The normalized spacial score (nSPS) is 19.4. The van der Waals surface area contributed by atoms with Gasteiger partial charge in [0.25, 0.3) is 0 Å². The van der Waals surface area contributed by atoms with Crippen LogP contribution in [-0.4, -0.2) is 6.54 Å². The summed E-state index contributed by atoms with van der Waals surface area (Å²) in [5.74, 6) is 0. The zero-order chi connectivity index (χ0) is 10.2. The van der Waals surface area contributed by atoms with Gasteiger partial charge in [0, 0.05) is 16.7 Å². The van der Waals surface area contributed by atoms with E-state index >= 15 is 0 Å². The van der Waals surface area contributed by atoms with E-state index in [9.17, 15) is 0 Å². The maximum absolute atomic E-state index is 3.63. The molecule has 1 N–H and O–H groups in total. The first-order valence-electron chi connectivity index (χ1n) is 5.10. The second kappa shape index (κ2) is 3.58. The average molecular weight is 254 g/mol. The summed E-state index contributed by atoms with van der Waals surface area (Å²) in [6.45, 7) is 5.75. The Morgan fingerprint density at radius 2 is 2.14 bits per heavy atom. The minimum absolute atomic E-state index is 0.405. The lowest BCUT2D eigenvalue weighted by molar-refractivity contribution is 0.348. The van der Waals surface area contributed by atoms with Crippen LogP contribution in [0.2, 0.25) is 0 Å². The summed E-state index contributed by atoms with van der Waals surface area (Å²) in [4.78, 5) is 0. The molecule has 14 heavy (non-hydrogen) atoms. The molecular weight excluding hydrogens is 238 g/mol. The second-order valence-corrected chi connectivity index (χ2v) is 5.64. The fourth-order valence-corrected chi connectivity index (χ4v) is 2.51. The Bertz CT molecular complexity index is 344. The average Bonchev–Trinajstić information content (AvgIpc) is 2.24. The van der Waals surface area contributed by atoms with Crippen molar-refractivity contribution < 1.29 is 0 Å². The summed E-state index contributed by atoms with van der Waals surface area (Å²) in [5, 5.41) is 3.49. The molecule has 1 heterocycles. The predicted octanol–water partition coefficient (Wildman–Crippen LogP) is 3.83. The fraction of sp³-hybridized carbons (Fsp3) is 0.500. The van der Waals surface area contributed by atoms with E-state index in [0.717, 1.165) is 13.0 Å². The maximum atomic E-state index is 3.63. The van der Waals surface area contributed by atoms with Gasteiger partial charge in [-0.3, -0.25) is 0 Å². The molecule has 0 amide bonds. The molecular formula is C12H16BrN. The molecule has 0 bridgehead atoms. The third kappa shape index (κ3) is 1.95. The summed E-state index contributed by atoms with van der Waals surface area (Å²) in [6, 6.07) is 6.39. The van der Waals surface area contributed by atoms with Gasteiger partial charge in [-0.15, -0.1) is 0 Å². The summed E-state index contributed by atoms with van der Waals surface area (Å²) in [6.07, 6.45) is 2.38. The number of nitrogens with one attached hydrogen (secondary N) is 1. The quantitative estimate of drug-likeness (QED) is 0.741. The molecule has 0 aliphatic carbocycles. The van der Waals surface area contributed by atoms with Crippen molar-refractivity contribution in [2.24, 2.45) is 5.41 Å². The smallest absolute Gasteiger partial charge is 0.0384 e. The molecule has 0 aromatic heterocycles. The SMILES string of the molecule is CC1(C)CCNc2cccc(Br)c2C1. The first-order chi connectivity index (χ1) is 6.58. The fourth-order valence-electron chi connectivity index (χ4n) is 2.01. The van der Waals surface area contributed by atoms with Crippen molar-refractivity contribution in [3.8, 4) is 0 Å². The van der Waals surface area contributed by atoms with E-state index in [1.54, 1.807) is 0 Å². The number of fused-ring (bicyclic) bond motifs is 1. The molecule has 0 saturated heterocycles. The number of halogens is 1. The van der Waals surface area contributed by atoms with Gasteiger partial charge in [-0.25, -0.2) is 0 Å². The lowest BCUT2D eigenvalue weighted by Gasteiger charge is -2.22. The number of hydrogen-bond acceptors (Lipinski definition) is 1. The van der Waals surface area contributed by atoms with Crippen LogP contribution in [0, 0.1) is 5.41 Å². The molecule has 0 radical (unpaired) electrons. The summed E-state index contributed by atoms with van der Waals surface area (Å²) >= 11 is 3.63. The standard InChI is InChI=1S/C12H16BrN/c1-12(2)6-7-14-11-5-3-4-10(13)9(11)8-12/h3-5,14H,6-8H2,1-2H3. The van der Waals surface area contributed by atoms with Gasteiger partial charge >= 0.3 is 0 Å². The van der Waals surface area contributed by atoms with Crippen molar-refractivity contribution in [1.82, 2.24) is 0 Å². The molecule has 1 aliphatic rings. The van der Waals surface area contributed by atoms with Gasteiger partial charge in [0.15, 0.2) is 0 Å². The monoisotopic (exact) mass is 253 g/mol. The molecule has 1 aromatic rings. The van der Waals surface area contributed by atoms with E-state index in [-0.39, 0.29) is 0 Å². The van der Waals surface area contributed by atoms with E-state index in [2.05, 4.69) is 53.3 Å². The molecule has 0 spiro atoms. The number of rotatable bonds is 0. The number of benzene rings is 1. The van der Waals surface area contributed by atoms with Crippen LogP contribution in [0.5, 0.6) is 0 Å². The van der Waals surface area contributed by atoms with Crippen LogP contribution in [0.3, 0.4) is 0 Å². The molecule has 0 saturated carbocycles. The third-order valence-corrected chi connectivity index (χ3v) is 3.63. The molecule has 2 rings (SSSR count). The predicted molar refractivity (Wildman–Crippen MR) is 64.7 cm³/mol. The Hall–Kier alpha value is -0.500. The van der Waals surface area contributed by atoms with E-state index < -0.39 is 0 Å². The molecule has 76 valence electrons. The molecule has 0 fully saturated rings. The van der Waals surface area contributed by atoms with Gasteiger partial charge in [-0.2, -0.15) is 0 Å². The van der Waals surface area contributed by atoms with E-state index in [1.807, 2.05) is 0 Å². The number of hydrogen-bond donors (Lipinski definition) is 1. The van der Waals surface area contributed by atoms with Crippen molar-refractivity contribution >= 4 is 21.6 Å². The van der Waals surface area contributed by atoms with Crippen LogP contribution in [0.15, 0.2) is 22.7 Å². The van der Waals surface area contributed by atoms with Crippen LogP contribution >= 0.6 is 15.9 Å². The largest absolute Gasteiger partial charge is 0.385 e. The van der Waals surface area contributed by atoms with E-state index in [1.165, 1.54) is 22.1 Å². The van der Waals surface area contributed by atoms with Crippen LogP contribution < -0.4 is 5.32 Å². The van der Waals surface area contributed by atoms with Crippen molar-refractivity contribution in [3.05, 3.63) is 28.2 Å². The van der Waals surface area contributed by atoms with Gasteiger partial charge in [0.2, 0.25) is 0 Å². The number of anilines is 1. The minimum Gasteiger partial charge on any atom is -0.385 e. The van der Waals surface area contributed by atoms with E-state index in [4.69, 9.17) is 0 Å². The topological polar surface area (TPSA) is 12.0 Å². The molecule has 1 aliphatic heterocycles. The van der Waals surface area contributed by atoms with Crippen LogP contribution in [0.25, 0.3) is 0 Å². The van der Waals surface area contributed by atoms with Crippen molar-refractivity contribution in [2.75, 3.05) is 11.9 Å². The highest BCUT2D eigenvalue weighted by Gasteiger charge is 2.24. The summed E-state index contributed by atoms with van der Waals surface area (Å²) < 4.78 is 1.23. The lowest BCUT2D eigenvalue weighted by atomic mass is 9.83. The van der Waals surface area contributed by atoms with Crippen molar-refractivity contribution in [1.29, 1.82) is 0 Å². The zero-order valence-electron chi connectivity index (χ0n) is 8.73. The Morgan fingerprint density at radius 1 is 1.36 bits per heavy atom. The first-order valence-corrected chi connectivity index (χ1v) is 5.89. The summed E-state index contributed by atoms with van der Waals surface area (Å²) in [5.41, 5.74) is 3.13. The Labute approximate surface area is 94.0 Å². The van der Waals surface area contributed by atoms with Crippen LogP contribution in [-0.2, 0) is 6.42 Å². The van der Waals surface area contributed by atoms with Crippen LogP contribution in [0.4, 0.5) is 5.69 Å². The summed E-state index contributed by atoms with van der Waals surface area (Å²) in [7, 11) is 0. The molecule has 0 unspecified atom stereocenters. The van der Waals surface area contributed by atoms with Crippen molar-refractivity contribution in [2.45, 2.75) is 26.7 Å². The van der Waals surface area contributed by atoms with Gasteiger partial charge in [-0.05, 0) is 36.0 Å². The van der Waals surface area contributed by atoms with Gasteiger partial charge in [-0.1, -0.05) is 35.8 Å². The van der Waals surface area contributed by atoms with E-state index in [0.29, 0.717) is 5.41 Å². The maximum Gasteiger partial charge on any atom is 0.0384 e. The van der Waals surface area contributed by atoms with Gasteiger partial charge in [0.1, 0.15) is 0 Å². The van der Waals surface area contributed by atoms with Gasteiger partial charge in [0.05, 0.1) is 0 Å². The van der Waals surface area contributed by atoms with Gasteiger partial charge < -0.3 is 5.32 Å². The third-order valence-electron chi connectivity index (χ3n) is 2.89. The van der Waals surface area contributed by atoms with Crippen molar-refractivity contribution in [3.63, 3.8) is 0 Å². The second-order valence-electron chi connectivity index (χ2n) is 4.78. The Balaban J connectivity index is 2.43. The molecule has 0 atom stereocenters. The highest BCUT2D eigenvalue weighted by molar-refractivity contribution is 9.10. The highest BCUT2D eigenvalue weighted by Crippen LogP contribution is 2.36.